The van der Waals surface area contributed by atoms with Crippen molar-refractivity contribution in [3.63, 3.8) is 0 Å². The molecule has 150 valence electrons. The van der Waals surface area contributed by atoms with Gasteiger partial charge in [0.25, 0.3) is 5.91 Å². The van der Waals surface area contributed by atoms with E-state index in [1.807, 2.05) is 25.1 Å². The molecule has 1 fully saturated rings. The van der Waals surface area contributed by atoms with Gasteiger partial charge < -0.3 is 4.90 Å². The summed E-state index contributed by atoms with van der Waals surface area (Å²) in [6.45, 7) is 3.53. The molecule has 29 heavy (non-hydrogen) atoms. The van der Waals surface area contributed by atoms with Gasteiger partial charge in [-0.1, -0.05) is 23.2 Å². The average Bonchev–Trinajstić information content (AvgIpc) is 3.14. The molecule has 0 unspecified atom stereocenters. The van der Waals surface area contributed by atoms with Crippen molar-refractivity contribution in [2.45, 2.75) is 6.92 Å². The third-order valence-electron chi connectivity index (χ3n) is 4.68. The Balaban J connectivity index is 1.55. The quantitative estimate of drug-likeness (QED) is 0.657. The first-order chi connectivity index (χ1) is 14.0. The molecule has 2 aromatic carbocycles. The zero-order valence-corrected chi connectivity index (χ0v) is 16.5. The van der Waals surface area contributed by atoms with Crippen LogP contribution < -0.4 is 5.06 Å². The predicted octanol–water partition coefficient (Wildman–Crippen LogP) is 3.26. The maximum atomic E-state index is 13.4. The monoisotopic (exact) mass is 415 g/mol. The van der Waals surface area contributed by atoms with Crippen molar-refractivity contribution in [2.24, 2.45) is 0 Å². The van der Waals surface area contributed by atoms with Gasteiger partial charge in [-0.15, -0.1) is 0 Å². The lowest BCUT2D eigenvalue weighted by Gasteiger charge is -2.23. The largest absolute Gasteiger partial charge is 0.334 e. The van der Waals surface area contributed by atoms with Gasteiger partial charge in [0, 0.05) is 13.1 Å². The van der Waals surface area contributed by atoms with Gasteiger partial charge >= 0.3 is 0 Å². The minimum Gasteiger partial charge on any atom is -0.334 e. The number of amides is 1. The van der Waals surface area contributed by atoms with Gasteiger partial charge in [0.1, 0.15) is 5.82 Å². The van der Waals surface area contributed by atoms with Gasteiger partial charge in [0.15, 0.2) is 0 Å². The number of aromatic nitrogens is 3. The van der Waals surface area contributed by atoms with Crippen molar-refractivity contribution >= 4 is 23.2 Å². The van der Waals surface area contributed by atoms with Crippen LogP contribution >= 0.6 is 11.6 Å². The molecule has 0 aliphatic carbocycles. The Bertz CT molecular complexity index is 1030. The molecule has 7 nitrogen and oxygen atoms in total. The van der Waals surface area contributed by atoms with E-state index in [-0.39, 0.29) is 10.9 Å². The third kappa shape index (κ3) is 4.08. The Morgan fingerprint density at radius 1 is 1.10 bits per heavy atom. The van der Waals surface area contributed by atoms with E-state index in [4.69, 9.17) is 16.4 Å². The molecule has 0 atom stereocenters. The van der Waals surface area contributed by atoms with Crippen LogP contribution in [0.4, 0.5) is 10.1 Å². The highest BCUT2D eigenvalue weighted by Gasteiger charge is 2.24. The van der Waals surface area contributed by atoms with E-state index in [1.165, 1.54) is 16.9 Å². The van der Waals surface area contributed by atoms with Crippen LogP contribution in [0.15, 0.2) is 48.8 Å². The summed E-state index contributed by atoms with van der Waals surface area (Å²) in [6.07, 6.45) is 3.14. The highest BCUT2D eigenvalue weighted by molar-refractivity contribution is 6.31. The topological polar surface area (TPSA) is 63.5 Å². The second-order valence-electron chi connectivity index (χ2n) is 6.67. The van der Waals surface area contributed by atoms with Crippen molar-refractivity contribution in [1.82, 2.24) is 19.9 Å². The molecule has 0 radical (unpaired) electrons. The summed E-state index contributed by atoms with van der Waals surface area (Å²) in [4.78, 5) is 22.2. The smallest absolute Gasteiger partial charge is 0.256 e. The number of hydrogen-bond acceptors (Lipinski definition) is 5. The van der Waals surface area contributed by atoms with Gasteiger partial charge in [0.2, 0.25) is 0 Å². The summed E-state index contributed by atoms with van der Waals surface area (Å²) < 4.78 is 13.4. The summed E-state index contributed by atoms with van der Waals surface area (Å²) in [5.41, 5.74) is 2.76. The van der Waals surface area contributed by atoms with Gasteiger partial charge in [-0.2, -0.15) is 15.0 Å². The van der Waals surface area contributed by atoms with Crippen LogP contribution in [-0.4, -0.2) is 52.0 Å². The Labute approximate surface area is 172 Å². The number of carbonyl (C=O) groups excluding carboxylic acids is 1. The average molecular weight is 416 g/mol. The fourth-order valence-corrected chi connectivity index (χ4v) is 3.38. The van der Waals surface area contributed by atoms with Gasteiger partial charge in [-0.3, -0.25) is 14.7 Å². The van der Waals surface area contributed by atoms with Crippen molar-refractivity contribution in [3.8, 4) is 5.69 Å². The maximum Gasteiger partial charge on any atom is 0.256 e. The van der Waals surface area contributed by atoms with Gasteiger partial charge in [-0.25, -0.2) is 4.39 Å². The number of carbonyl (C=O) groups is 1. The lowest BCUT2D eigenvalue weighted by atomic mass is 10.1. The van der Waals surface area contributed by atoms with Crippen LogP contribution in [0.3, 0.4) is 0 Å². The molecule has 2 heterocycles. The number of aryl methyl sites for hydroxylation is 1. The minimum absolute atomic E-state index is 0.0272. The normalized spacial score (nSPS) is 14.7. The van der Waals surface area contributed by atoms with Crippen LogP contribution in [0, 0.1) is 12.7 Å². The van der Waals surface area contributed by atoms with Gasteiger partial charge in [0.05, 0.1) is 47.5 Å². The highest BCUT2D eigenvalue weighted by Crippen LogP contribution is 2.24. The summed E-state index contributed by atoms with van der Waals surface area (Å²) >= 11 is 5.88. The third-order valence-corrected chi connectivity index (χ3v) is 4.97. The lowest BCUT2D eigenvalue weighted by Crippen LogP contribution is -2.36. The van der Waals surface area contributed by atoms with E-state index >= 15 is 0 Å². The lowest BCUT2D eigenvalue weighted by molar-refractivity contribution is 0.0730. The molecular weight excluding hydrogens is 397 g/mol. The number of anilines is 1. The Hall–Kier alpha value is -2.97. The first-order valence-corrected chi connectivity index (χ1v) is 9.53. The molecule has 0 bridgehead atoms. The van der Waals surface area contributed by atoms with Crippen LogP contribution in [0.2, 0.25) is 5.02 Å². The molecule has 0 spiro atoms. The molecule has 0 saturated carbocycles. The number of rotatable bonds is 3. The molecule has 1 aliphatic heterocycles. The number of benzene rings is 2. The summed E-state index contributed by atoms with van der Waals surface area (Å²) in [5.74, 6) is -0.607. The standard InChI is InChI=1S/C20H19ClFN5O2/c1-14-2-5-19(27-23-6-7-24-27)16(12-14)20(28)25-8-9-26(29-11-10-25)15-3-4-18(22)17(21)13-15/h2-7,12-13H,8-11H2,1H3. The number of nitrogens with zero attached hydrogens (tertiary/aromatic N) is 5. The maximum absolute atomic E-state index is 13.4. The van der Waals surface area contributed by atoms with Crippen LogP contribution in [0.1, 0.15) is 15.9 Å². The van der Waals surface area contributed by atoms with E-state index in [0.717, 1.165) is 5.56 Å². The highest BCUT2D eigenvalue weighted by atomic mass is 35.5. The molecule has 1 aliphatic rings. The Kier molecular flexibility index (Phi) is 5.46. The van der Waals surface area contributed by atoms with Crippen molar-refractivity contribution in [1.29, 1.82) is 0 Å². The van der Waals surface area contributed by atoms with Gasteiger partial charge in [-0.05, 0) is 37.3 Å². The molecule has 9 heteroatoms. The molecule has 1 aromatic heterocycles. The summed E-state index contributed by atoms with van der Waals surface area (Å²) in [5, 5.41) is 9.95. The first-order valence-electron chi connectivity index (χ1n) is 9.15. The van der Waals surface area contributed by atoms with Crippen LogP contribution in [-0.2, 0) is 4.84 Å². The SMILES string of the molecule is Cc1ccc(-n2nccn2)c(C(=O)N2CCON(c3ccc(F)c(Cl)c3)CC2)c1. The summed E-state index contributed by atoms with van der Waals surface area (Å²) in [7, 11) is 0. The number of halogens is 2. The fourth-order valence-electron chi connectivity index (χ4n) is 3.20. The minimum atomic E-state index is -0.485. The zero-order valence-electron chi connectivity index (χ0n) is 15.8. The van der Waals surface area contributed by atoms with E-state index in [1.54, 1.807) is 28.4 Å². The van der Waals surface area contributed by atoms with E-state index in [9.17, 15) is 9.18 Å². The molecular formula is C20H19ClFN5O2. The van der Waals surface area contributed by atoms with Crippen molar-refractivity contribution in [3.05, 3.63) is 70.8 Å². The molecule has 1 saturated heterocycles. The second-order valence-corrected chi connectivity index (χ2v) is 7.07. The number of hydrogen-bond donors (Lipinski definition) is 0. The van der Waals surface area contributed by atoms with E-state index in [2.05, 4.69) is 10.2 Å². The second kappa shape index (κ2) is 8.18. The zero-order chi connectivity index (χ0) is 20.4. The van der Waals surface area contributed by atoms with Crippen LogP contribution in [0.25, 0.3) is 5.69 Å². The molecule has 0 N–H and O–H groups in total. The molecule has 4 rings (SSSR count). The Morgan fingerprint density at radius 3 is 2.66 bits per heavy atom. The molecule has 3 aromatic rings. The fraction of sp³-hybridized carbons (Fsp3) is 0.250. The first kappa shape index (κ1) is 19.4. The predicted molar refractivity (Wildman–Crippen MR) is 107 cm³/mol. The van der Waals surface area contributed by atoms with E-state index in [0.29, 0.717) is 43.2 Å². The van der Waals surface area contributed by atoms with E-state index < -0.39 is 5.82 Å². The van der Waals surface area contributed by atoms with Crippen molar-refractivity contribution < 1.29 is 14.0 Å². The number of hydroxylamine groups is 1. The molecule has 1 amide bonds. The Morgan fingerprint density at radius 2 is 1.90 bits per heavy atom. The van der Waals surface area contributed by atoms with Crippen LogP contribution in [0.5, 0.6) is 0 Å². The van der Waals surface area contributed by atoms with Crippen molar-refractivity contribution in [2.75, 3.05) is 31.3 Å². The summed E-state index contributed by atoms with van der Waals surface area (Å²) in [6, 6.07) is 10.00.